The highest BCUT2D eigenvalue weighted by atomic mass is 127. The molecule has 132 valence electrons. The Labute approximate surface area is 165 Å². The number of halogens is 1. The molecule has 2 heterocycles. The second kappa shape index (κ2) is 11.2. The van der Waals surface area contributed by atoms with Crippen molar-refractivity contribution in [1.29, 1.82) is 0 Å². The van der Waals surface area contributed by atoms with Gasteiger partial charge in [-0.15, -0.1) is 35.3 Å². The topological polar surface area (TPSA) is 58.5 Å². The number of pyridine rings is 1. The normalized spacial score (nSPS) is 12.2. The van der Waals surface area contributed by atoms with Crippen LogP contribution in [0.1, 0.15) is 30.2 Å². The SMILES string of the molecule is CCOc1ncccc1CNC(=NC)NCC(C)c1cccs1.I. The highest BCUT2D eigenvalue weighted by Gasteiger charge is 2.09. The fraction of sp³-hybridized carbons (Fsp3) is 0.412. The summed E-state index contributed by atoms with van der Waals surface area (Å²) in [5.74, 6) is 1.90. The first-order chi connectivity index (χ1) is 11.2. The van der Waals surface area contributed by atoms with Crippen LogP contribution >= 0.6 is 35.3 Å². The van der Waals surface area contributed by atoms with E-state index >= 15 is 0 Å². The lowest BCUT2D eigenvalue weighted by Gasteiger charge is -2.16. The number of thiophene rings is 1. The van der Waals surface area contributed by atoms with Crippen LogP contribution in [-0.2, 0) is 6.54 Å². The summed E-state index contributed by atoms with van der Waals surface area (Å²) >= 11 is 1.78. The lowest BCUT2D eigenvalue weighted by atomic mass is 10.1. The molecule has 0 aromatic carbocycles. The van der Waals surface area contributed by atoms with Crippen LogP contribution in [0.25, 0.3) is 0 Å². The Kier molecular flexibility index (Phi) is 9.70. The fourth-order valence-corrected chi connectivity index (χ4v) is 2.93. The first-order valence-corrected chi connectivity index (χ1v) is 8.67. The number of hydrogen-bond acceptors (Lipinski definition) is 4. The fourth-order valence-electron chi connectivity index (χ4n) is 2.15. The van der Waals surface area contributed by atoms with E-state index in [4.69, 9.17) is 4.74 Å². The molecular weight excluding hydrogens is 435 g/mol. The number of guanidine groups is 1. The summed E-state index contributed by atoms with van der Waals surface area (Å²) in [6.07, 6.45) is 1.74. The molecule has 0 aliphatic carbocycles. The van der Waals surface area contributed by atoms with Crippen LogP contribution in [0.15, 0.2) is 40.8 Å². The van der Waals surface area contributed by atoms with Crippen LogP contribution in [0, 0.1) is 0 Å². The van der Waals surface area contributed by atoms with E-state index in [1.54, 1.807) is 24.6 Å². The molecule has 0 radical (unpaired) electrons. The number of aromatic nitrogens is 1. The van der Waals surface area contributed by atoms with Gasteiger partial charge in [-0.2, -0.15) is 0 Å². The summed E-state index contributed by atoms with van der Waals surface area (Å²) in [5.41, 5.74) is 1.02. The minimum Gasteiger partial charge on any atom is -0.478 e. The third kappa shape index (κ3) is 6.27. The molecule has 0 aliphatic rings. The summed E-state index contributed by atoms with van der Waals surface area (Å²) in [6, 6.07) is 8.17. The number of hydrogen-bond donors (Lipinski definition) is 2. The summed E-state index contributed by atoms with van der Waals surface area (Å²) in [4.78, 5) is 9.90. The molecule has 0 spiro atoms. The number of nitrogens with zero attached hydrogens (tertiary/aromatic N) is 2. The van der Waals surface area contributed by atoms with Gasteiger partial charge in [0.05, 0.1) is 6.61 Å². The zero-order valence-corrected chi connectivity index (χ0v) is 17.4. The predicted octanol–water partition coefficient (Wildman–Crippen LogP) is 3.63. The lowest BCUT2D eigenvalue weighted by Crippen LogP contribution is -2.38. The third-order valence-electron chi connectivity index (χ3n) is 3.41. The smallest absolute Gasteiger partial charge is 0.218 e. The van der Waals surface area contributed by atoms with Gasteiger partial charge in [0.1, 0.15) is 0 Å². The van der Waals surface area contributed by atoms with Crippen molar-refractivity contribution in [2.75, 3.05) is 20.2 Å². The van der Waals surface area contributed by atoms with Crippen LogP contribution in [0.5, 0.6) is 5.88 Å². The predicted molar refractivity (Wildman–Crippen MR) is 112 cm³/mol. The Morgan fingerprint density at radius 2 is 2.17 bits per heavy atom. The number of aliphatic imine (C=N–C) groups is 1. The number of nitrogens with one attached hydrogen (secondary N) is 2. The Balaban J connectivity index is 0.00000288. The van der Waals surface area contributed by atoms with E-state index in [1.807, 2.05) is 19.1 Å². The molecular formula is C17H25IN4OS. The van der Waals surface area contributed by atoms with Gasteiger partial charge < -0.3 is 15.4 Å². The van der Waals surface area contributed by atoms with E-state index in [9.17, 15) is 0 Å². The highest BCUT2D eigenvalue weighted by Crippen LogP contribution is 2.19. The third-order valence-corrected chi connectivity index (χ3v) is 4.51. The van der Waals surface area contributed by atoms with Gasteiger partial charge in [-0.3, -0.25) is 4.99 Å². The van der Waals surface area contributed by atoms with Gasteiger partial charge in [-0.1, -0.05) is 19.1 Å². The van der Waals surface area contributed by atoms with Crippen LogP contribution < -0.4 is 15.4 Å². The van der Waals surface area contributed by atoms with Crippen molar-refractivity contribution in [2.45, 2.75) is 26.3 Å². The molecule has 0 aliphatic heterocycles. The average Bonchev–Trinajstić information content (AvgIpc) is 3.11. The molecule has 24 heavy (non-hydrogen) atoms. The van der Waals surface area contributed by atoms with E-state index < -0.39 is 0 Å². The minimum absolute atomic E-state index is 0. The summed E-state index contributed by atoms with van der Waals surface area (Å²) in [6.45, 7) is 6.23. The molecule has 2 aromatic rings. The zero-order chi connectivity index (χ0) is 16.5. The van der Waals surface area contributed by atoms with Crippen molar-refractivity contribution < 1.29 is 4.74 Å². The van der Waals surface area contributed by atoms with Gasteiger partial charge in [0.2, 0.25) is 5.88 Å². The maximum atomic E-state index is 5.54. The van der Waals surface area contributed by atoms with Gasteiger partial charge in [0, 0.05) is 42.7 Å². The molecule has 7 heteroatoms. The Morgan fingerprint density at radius 1 is 1.33 bits per heavy atom. The van der Waals surface area contributed by atoms with Gasteiger partial charge >= 0.3 is 0 Å². The maximum absolute atomic E-state index is 5.54. The average molecular weight is 460 g/mol. The molecule has 0 saturated carbocycles. The number of rotatable bonds is 7. The van der Waals surface area contributed by atoms with Crippen molar-refractivity contribution >= 4 is 41.3 Å². The molecule has 0 saturated heterocycles. The molecule has 0 bridgehead atoms. The molecule has 0 fully saturated rings. The molecule has 1 unspecified atom stereocenters. The molecule has 2 rings (SSSR count). The lowest BCUT2D eigenvalue weighted by molar-refractivity contribution is 0.322. The van der Waals surface area contributed by atoms with E-state index in [0.717, 1.165) is 18.1 Å². The first kappa shape index (κ1) is 20.7. The van der Waals surface area contributed by atoms with E-state index in [0.29, 0.717) is 24.9 Å². The summed E-state index contributed by atoms with van der Waals surface area (Å²) in [5, 5.41) is 8.78. The first-order valence-electron chi connectivity index (χ1n) is 7.79. The van der Waals surface area contributed by atoms with Crippen LogP contribution in [0.4, 0.5) is 0 Å². The van der Waals surface area contributed by atoms with E-state index in [2.05, 4.69) is 45.0 Å². The standard InChI is InChI=1S/C17H24N4OS.HI/c1-4-22-16-14(7-5-9-19-16)12-21-17(18-3)20-11-13(2)15-8-6-10-23-15;/h5-10,13H,4,11-12H2,1-3H3,(H2,18,20,21);1H. The second-order valence-corrected chi connectivity index (χ2v) is 6.10. The Morgan fingerprint density at radius 3 is 2.83 bits per heavy atom. The number of ether oxygens (including phenoxy) is 1. The Hall–Kier alpha value is -1.35. The second-order valence-electron chi connectivity index (χ2n) is 5.12. The van der Waals surface area contributed by atoms with Gasteiger partial charge in [0.15, 0.2) is 5.96 Å². The largest absolute Gasteiger partial charge is 0.478 e. The van der Waals surface area contributed by atoms with Crippen molar-refractivity contribution in [3.05, 3.63) is 46.3 Å². The van der Waals surface area contributed by atoms with Crippen LogP contribution in [-0.4, -0.2) is 31.1 Å². The van der Waals surface area contributed by atoms with Crippen molar-refractivity contribution in [3.8, 4) is 5.88 Å². The maximum Gasteiger partial charge on any atom is 0.218 e. The summed E-state index contributed by atoms with van der Waals surface area (Å²) < 4.78 is 5.54. The monoisotopic (exact) mass is 460 g/mol. The molecule has 1 atom stereocenters. The minimum atomic E-state index is 0. The van der Waals surface area contributed by atoms with Crippen LogP contribution in [0.2, 0.25) is 0 Å². The molecule has 2 N–H and O–H groups in total. The Bertz CT molecular complexity index is 619. The van der Waals surface area contributed by atoms with Crippen LogP contribution in [0.3, 0.4) is 0 Å². The van der Waals surface area contributed by atoms with Crippen molar-refractivity contribution in [3.63, 3.8) is 0 Å². The van der Waals surface area contributed by atoms with Crippen molar-refractivity contribution in [2.24, 2.45) is 4.99 Å². The molecule has 5 nitrogen and oxygen atoms in total. The summed E-state index contributed by atoms with van der Waals surface area (Å²) in [7, 11) is 1.78. The van der Waals surface area contributed by atoms with Gasteiger partial charge in [0.25, 0.3) is 0 Å². The quantitative estimate of drug-likeness (QED) is 0.377. The molecule has 0 amide bonds. The van der Waals surface area contributed by atoms with Gasteiger partial charge in [-0.25, -0.2) is 4.98 Å². The molecule has 2 aromatic heterocycles. The van der Waals surface area contributed by atoms with E-state index in [-0.39, 0.29) is 24.0 Å². The highest BCUT2D eigenvalue weighted by molar-refractivity contribution is 14.0. The zero-order valence-electron chi connectivity index (χ0n) is 14.3. The van der Waals surface area contributed by atoms with Gasteiger partial charge in [-0.05, 0) is 24.4 Å². The van der Waals surface area contributed by atoms with Crippen molar-refractivity contribution in [1.82, 2.24) is 15.6 Å². The van der Waals surface area contributed by atoms with E-state index in [1.165, 1.54) is 4.88 Å².